The SMILES string of the molecule is CC(C)(C)OC(=O)NS(=O)(=O)c1ccc(Br)c(F)c1. The number of nitrogens with one attached hydrogen (secondary N) is 1. The maximum absolute atomic E-state index is 13.3. The van der Waals surface area contributed by atoms with Gasteiger partial charge in [0.25, 0.3) is 10.0 Å². The topological polar surface area (TPSA) is 72.5 Å². The molecule has 0 fully saturated rings. The zero-order chi connectivity index (χ0) is 14.8. The van der Waals surface area contributed by atoms with Crippen LogP contribution in [0.4, 0.5) is 9.18 Å². The van der Waals surface area contributed by atoms with Crippen LogP contribution >= 0.6 is 15.9 Å². The van der Waals surface area contributed by atoms with Gasteiger partial charge in [0.15, 0.2) is 0 Å². The molecule has 5 nitrogen and oxygen atoms in total. The fourth-order valence-corrected chi connectivity index (χ4v) is 2.24. The van der Waals surface area contributed by atoms with Crippen molar-refractivity contribution in [1.29, 1.82) is 0 Å². The predicted octanol–water partition coefficient (Wildman–Crippen LogP) is 2.80. The van der Waals surface area contributed by atoms with Crippen molar-refractivity contribution in [2.75, 3.05) is 0 Å². The van der Waals surface area contributed by atoms with Crippen molar-refractivity contribution in [3.63, 3.8) is 0 Å². The fraction of sp³-hybridized carbons (Fsp3) is 0.364. The number of amides is 1. The summed E-state index contributed by atoms with van der Waals surface area (Å²) in [6.45, 7) is 4.79. The summed E-state index contributed by atoms with van der Waals surface area (Å²) in [5, 5.41) is 0. The van der Waals surface area contributed by atoms with Crippen LogP contribution in [-0.4, -0.2) is 20.1 Å². The van der Waals surface area contributed by atoms with Gasteiger partial charge in [-0.3, -0.25) is 0 Å². The minimum Gasteiger partial charge on any atom is -0.443 e. The summed E-state index contributed by atoms with van der Waals surface area (Å²) in [6.07, 6.45) is -1.11. The van der Waals surface area contributed by atoms with E-state index < -0.39 is 27.5 Å². The smallest absolute Gasteiger partial charge is 0.421 e. The summed E-state index contributed by atoms with van der Waals surface area (Å²) in [4.78, 5) is 11.0. The number of hydrogen-bond donors (Lipinski definition) is 1. The molecule has 0 heterocycles. The van der Waals surface area contributed by atoms with Crippen molar-refractivity contribution in [3.05, 3.63) is 28.5 Å². The van der Waals surface area contributed by atoms with Crippen LogP contribution in [-0.2, 0) is 14.8 Å². The van der Waals surface area contributed by atoms with Crippen molar-refractivity contribution in [2.24, 2.45) is 0 Å². The number of sulfonamides is 1. The molecule has 106 valence electrons. The minimum absolute atomic E-state index is 0.128. The molecular formula is C11H13BrFNO4S. The molecule has 19 heavy (non-hydrogen) atoms. The Morgan fingerprint density at radius 1 is 1.37 bits per heavy atom. The Hall–Kier alpha value is -1.15. The summed E-state index contributed by atoms with van der Waals surface area (Å²) in [7, 11) is -4.16. The summed E-state index contributed by atoms with van der Waals surface area (Å²) in [6, 6.07) is 3.20. The van der Waals surface area contributed by atoms with Crippen molar-refractivity contribution in [3.8, 4) is 0 Å². The first-order valence-corrected chi connectivity index (χ1v) is 7.50. The van der Waals surface area contributed by atoms with Crippen LogP contribution in [0.25, 0.3) is 0 Å². The Morgan fingerprint density at radius 2 is 1.95 bits per heavy atom. The van der Waals surface area contributed by atoms with Gasteiger partial charge in [-0.15, -0.1) is 0 Å². The number of halogens is 2. The third-order valence-electron chi connectivity index (χ3n) is 1.82. The normalized spacial score (nSPS) is 12.1. The summed E-state index contributed by atoms with van der Waals surface area (Å²) < 4.78 is 43.5. The average Bonchev–Trinajstić information content (AvgIpc) is 2.17. The molecule has 0 unspecified atom stereocenters. The van der Waals surface area contributed by atoms with E-state index >= 15 is 0 Å². The summed E-state index contributed by atoms with van der Waals surface area (Å²) >= 11 is 2.90. The Labute approximate surface area is 119 Å². The fourth-order valence-electron chi connectivity index (χ4n) is 1.11. The second-order valence-electron chi connectivity index (χ2n) is 4.68. The lowest BCUT2D eigenvalue weighted by molar-refractivity contribution is 0.0570. The Kier molecular flexibility index (Phi) is 4.57. The van der Waals surface area contributed by atoms with Gasteiger partial charge in [-0.2, -0.15) is 0 Å². The van der Waals surface area contributed by atoms with E-state index in [1.54, 1.807) is 25.5 Å². The third kappa shape index (κ3) is 4.79. The van der Waals surface area contributed by atoms with Gasteiger partial charge in [0.1, 0.15) is 11.4 Å². The number of hydrogen-bond acceptors (Lipinski definition) is 4. The van der Waals surface area contributed by atoms with E-state index in [1.807, 2.05) is 0 Å². The molecule has 0 atom stereocenters. The quantitative estimate of drug-likeness (QED) is 0.887. The number of ether oxygens (including phenoxy) is 1. The van der Waals surface area contributed by atoms with Gasteiger partial charge in [-0.05, 0) is 54.9 Å². The van der Waals surface area contributed by atoms with E-state index in [0.29, 0.717) is 0 Å². The first-order valence-electron chi connectivity index (χ1n) is 5.22. The Bertz CT molecular complexity index is 595. The average molecular weight is 354 g/mol. The van der Waals surface area contributed by atoms with E-state index in [1.165, 1.54) is 12.1 Å². The van der Waals surface area contributed by atoms with Crippen molar-refractivity contribution < 1.29 is 22.3 Å². The van der Waals surface area contributed by atoms with Crippen LogP contribution in [0.3, 0.4) is 0 Å². The van der Waals surface area contributed by atoms with Gasteiger partial charge >= 0.3 is 6.09 Å². The molecule has 0 aliphatic heterocycles. The van der Waals surface area contributed by atoms with Crippen LogP contribution in [0.15, 0.2) is 27.6 Å². The van der Waals surface area contributed by atoms with E-state index in [9.17, 15) is 17.6 Å². The van der Waals surface area contributed by atoms with Gasteiger partial charge < -0.3 is 4.74 Å². The highest BCUT2D eigenvalue weighted by atomic mass is 79.9. The van der Waals surface area contributed by atoms with E-state index in [4.69, 9.17) is 4.74 Å². The van der Waals surface area contributed by atoms with Crippen LogP contribution < -0.4 is 4.72 Å². The molecule has 0 spiro atoms. The maximum Gasteiger partial charge on any atom is 0.421 e. The second kappa shape index (κ2) is 5.46. The Morgan fingerprint density at radius 3 is 2.42 bits per heavy atom. The largest absolute Gasteiger partial charge is 0.443 e. The second-order valence-corrected chi connectivity index (χ2v) is 7.22. The first kappa shape index (κ1) is 15.9. The molecule has 1 rings (SSSR count). The first-order chi connectivity index (χ1) is 8.51. The lowest BCUT2D eigenvalue weighted by atomic mass is 10.2. The zero-order valence-electron chi connectivity index (χ0n) is 10.5. The van der Waals surface area contributed by atoms with Gasteiger partial charge in [0.2, 0.25) is 0 Å². The van der Waals surface area contributed by atoms with Crippen molar-refractivity contribution in [1.82, 2.24) is 4.72 Å². The van der Waals surface area contributed by atoms with E-state index in [0.717, 1.165) is 6.07 Å². The summed E-state index contributed by atoms with van der Waals surface area (Å²) in [5.74, 6) is -0.743. The van der Waals surface area contributed by atoms with E-state index in [2.05, 4.69) is 15.9 Å². The third-order valence-corrected chi connectivity index (χ3v) is 3.77. The van der Waals surface area contributed by atoms with Gasteiger partial charge in [0.05, 0.1) is 9.37 Å². The van der Waals surface area contributed by atoms with Gasteiger partial charge in [-0.25, -0.2) is 22.3 Å². The molecule has 0 aromatic heterocycles. The molecule has 0 bridgehead atoms. The van der Waals surface area contributed by atoms with Crippen molar-refractivity contribution in [2.45, 2.75) is 31.3 Å². The zero-order valence-corrected chi connectivity index (χ0v) is 12.9. The molecular weight excluding hydrogens is 341 g/mol. The van der Waals surface area contributed by atoms with Crippen LogP contribution in [0.1, 0.15) is 20.8 Å². The lowest BCUT2D eigenvalue weighted by Gasteiger charge is -2.19. The van der Waals surface area contributed by atoms with Gasteiger partial charge in [0, 0.05) is 0 Å². The summed E-state index contributed by atoms with van der Waals surface area (Å²) in [5.41, 5.74) is -0.829. The highest BCUT2D eigenvalue weighted by molar-refractivity contribution is 9.10. The minimum atomic E-state index is -4.16. The van der Waals surface area contributed by atoms with Crippen LogP contribution in [0, 0.1) is 5.82 Å². The number of benzene rings is 1. The standard InChI is InChI=1S/C11H13BrFNO4S/c1-11(2,3)18-10(15)14-19(16,17)7-4-5-8(12)9(13)6-7/h4-6H,1-3H3,(H,14,15). The molecule has 0 aliphatic carbocycles. The molecule has 1 aromatic rings. The maximum atomic E-state index is 13.3. The molecule has 0 radical (unpaired) electrons. The van der Waals surface area contributed by atoms with Crippen molar-refractivity contribution >= 4 is 32.0 Å². The Balaban J connectivity index is 2.93. The highest BCUT2D eigenvalue weighted by Gasteiger charge is 2.23. The molecule has 0 saturated heterocycles. The molecule has 1 aromatic carbocycles. The number of carbonyl (C=O) groups is 1. The van der Waals surface area contributed by atoms with Crippen LogP contribution in [0.5, 0.6) is 0 Å². The molecule has 0 saturated carbocycles. The molecule has 0 aliphatic rings. The lowest BCUT2D eigenvalue weighted by Crippen LogP contribution is -2.36. The predicted molar refractivity (Wildman–Crippen MR) is 70.7 cm³/mol. The van der Waals surface area contributed by atoms with E-state index in [-0.39, 0.29) is 9.37 Å². The van der Waals surface area contributed by atoms with Crippen LogP contribution in [0.2, 0.25) is 0 Å². The monoisotopic (exact) mass is 353 g/mol. The molecule has 8 heteroatoms. The molecule has 1 amide bonds. The number of carbonyl (C=O) groups excluding carboxylic acids is 1. The number of rotatable bonds is 2. The molecule has 1 N–H and O–H groups in total. The highest BCUT2D eigenvalue weighted by Crippen LogP contribution is 2.19. The van der Waals surface area contributed by atoms with Gasteiger partial charge in [-0.1, -0.05) is 0 Å².